The third kappa shape index (κ3) is 3.42. The number of hydrogen-bond acceptors (Lipinski definition) is 3. The van der Waals surface area contributed by atoms with Crippen LogP contribution in [-0.4, -0.2) is 16.1 Å². The molecule has 0 saturated heterocycles. The van der Waals surface area contributed by atoms with E-state index in [0.29, 0.717) is 5.25 Å². The lowest BCUT2D eigenvalue weighted by Crippen LogP contribution is -2.18. The zero-order valence-electron chi connectivity index (χ0n) is 6.59. The molecule has 0 fully saturated rings. The summed E-state index contributed by atoms with van der Waals surface area (Å²) < 4.78 is 0. The Kier molecular flexibility index (Phi) is 5.09. The van der Waals surface area contributed by atoms with E-state index in [0.717, 1.165) is 5.75 Å². The molecule has 0 aliphatic carbocycles. The van der Waals surface area contributed by atoms with Crippen LogP contribution in [0.2, 0.25) is 0 Å². The van der Waals surface area contributed by atoms with E-state index in [1.165, 1.54) is 0 Å². The fourth-order valence-electron chi connectivity index (χ4n) is 0.599. The van der Waals surface area contributed by atoms with Crippen LogP contribution >= 0.6 is 11.8 Å². The predicted octanol–water partition coefficient (Wildman–Crippen LogP) is 1.84. The van der Waals surface area contributed by atoms with Crippen LogP contribution in [0.1, 0.15) is 20.8 Å². The van der Waals surface area contributed by atoms with Crippen molar-refractivity contribution in [1.82, 2.24) is 0 Å². The molecule has 2 unspecified atom stereocenters. The van der Waals surface area contributed by atoms with Crippen molar-refractivity contribution in [3.05, 3.63) is 0 Å². The number of hydrogen-bond donors (Lipinski definition) is 0. The molecular weight excluding hydrogens is 164 g/mol. The first-order valence-electron chi connectivity index (χ1n) is 3.42. The average Bonchev–Trinajstić information content (AvgIpc) is 1.87. The maximum atomic E-state index is 10.7. The highest BCUT2D eigenvalue weighted by molar-refractivity contribution is 7.99. The Hall–Kier alpha value is 0.240. The summed E-state index contributed by atoms with van der Waals surface area (Å²) in [7, 11) is 0. The van der Waals surface area contributed by atoms with Crippen LogP contribution in [-0.2, 0) is 17.4 Å². The Balaban J connectivity index is 3.69. The van der Waals surface area contributed by atoms with Crippen molar-refractivity contribution < 1.29 is 4.79 Å². The highest BCUT2D eigenvalue weighted by Gasteiger charge is 2.11. The molecule has 0 aliphatic rings. The summed E-state index contributed by atoms with van der Waals surface area (Å²) in [5.74, 6) is 1.08. The molecule has 3 heteroatoms. The molecule has 0 radical (unpaired) electrons. The van der Waals surface area contributed by atoms with E-state index in [-0.39, 0.29) is 11.0 Å². The monoisotopic (exact) mass is 177 g/mol. The lowest BCUT2D eigenvalue weighted by Gasteiger charge is -2.20. The van der Waals surface area contributed by atoms with Crippen molar-refractivity contribution >= 4 is 29.5 Å². The Labute approximate surface area is 72.4 Å². The summed E-state index contributed by atoms with van der Waals surface area (Å²) in [5.41, 5.74) is 0. The van der Waals surface area contributed by atoms with Crippen LogP contribution in [0.4, 0.5) is 0 Å². The standard InChI is InChI=1S/C7H14OS2/c1-4-10-6(3)5(2)7(8)9/h5-6H,4H2,1-3H3,(H,8,9)/p-1. The van der Waals surface area contributed by atoms with Crippen molar-refractivity contribution in [1.29, 1.82) is 0 Å². The molecule has 2 atom stereocenters. The summed E-state index contributed by atoms with van der Waals surface area (Å²) in [6.07, 6.45) is 0. The number of carbonyl (C=O) groups excluding carboxylic acids is 1. The van der Waals surface area contributed by atoms with Gasteiger partial charge in [0.25, 0.3) is 0 Å². The third-order valence-corrected chi connectivity index (χ3v) is 3.14. The molecule has 0 heterocycles. The molecule has 60 valence electrons. The molecule has 0 saturated carbocycles. The normalized spacial score (nSPS) is 16.3. The van der Waals surface area contributed by atoms with Gasteiger partial charge in [0.15, 0.2) is 0 Å². The van der Waals surface area contributed by atoms with Crippen molar-refractivity contribution in [2.45, 2.75) is 26.0 Å². The first-order chi connectivity index (χ1) is 4.59. The fraction of sp³-hybridized carbons (Fsp3) is 0.857. The summed E-state index contributed by atoms with van der Waals surface area (Å²) in [6, 6.07) is 0. The van der Waals surface area contributed by atoms with Gasteiger partial charge in [0, 0.05) is 16.3 Å². The van der Waals surface area contributed by atoms with E-state index in [1.807, 2.05) is 13.8 Å². The number of thioether (sulfide) groups is 1. The number of rotatable bonds is 4. The molecule has 10 heavy (non-hydrogen) atoms. The fourth-order valence-corrected chi connectivity index (χ4v) is 1.83. The zero-order valence-corrected chi connectivity index (χ0v) is 8.22. The molecule has 0 spiro atoms. The minimum atomic E-state index is -0.117. The maximum absolute atomic E-state index is 10.7. The van der Waals surface area contributed by atoms with Gasteiger partial charge in [0.2, 0.25) is 0 Å². The van der Waals surface area contributed by atoms with Gasteiger partial charge in [-0.2, -0.15) is 11.8 Å². The van der Waals surface area contributed by atoms with Gasteiger partial charge in [-0.3, -0.25) is 0 Å². The molecule has 0 aromatic carbocycles. The topological polar surface area (TPSA) is 17.1 Å². The summed E-state index contributed by atoms with van der Waals surface area (Å²) >= 11 is 6.32. The minimum Gasteiger partial charge on any atom is -0.742 e. The zero-order chi connectivity index (χ0) is 8.15. The lowest BCUT2D eigenvalue weighted by molar-refractivity contribution is -0.113. The van der Waals surface area contributed by atoms with E-state index >= 15 is 0 Å². The molecular formula is C7H13OS2-. The lowest BCUT2D eigenvalue weighted by atomic mass is 10.1. The quantitative estimate of drug-likeness (QED) is 0.610. The highest BCUT2D eigenvalue weighted by Crippen LogP contribution is 2.18. The van der Waals surface area contributed by atoms with Crippen molar-refractivity contribution in [3.63, 3.8) is 0 Å². The van der Waals surface area contributed by atoms with Crippen LogP contribution in [0, 0.1) is 5.92 Å². The summed E-state index contributed by atoms with van der Waals surface area (Å²) in [4.78, 5) is 10.7. The average molecular weight is 177 g/mol. The van der Waals surface area contributed by atoms with Crippen molar-refractivity contribution in [3.8, 4) is 0 Å². The second-order valence-electron chi connectivity index (χ2n) is 2.27. The van der Waals surface area contributed by atoms with Gasteiger partial charge in [-0.05, 0) is 5.75 Å². The van der Waals surface area contributed by atoms with Crippen LogP contribution in [0.3, 0.4) is 0 Å². The Morgan fingerprint density at radius 2 is 2.10 bits per heavy atom. The Bertz CT molecular complexity index is 114. The molecule has 0 rings (SSSR count). The molecule has 0 aromatic rings. The van der Waals surface area contributed by atoms with Gasteiger partial charge in [-0.25, -0.2) is 0 Å². The van der Waals surface area contributed by atoms with E-state index in [2.05, 4.69) is 19.6 Å². The molecule has 0 aliphatic heterocycles. The van der Waals surface area contributed by atoms with Crippen molar-refractivity contribution in [2.75, 3.05) is 5.75 Å². The van der Waals surface area contributed by atoms with Crippen LogP contribution in [0.5, 0.6) is 0 Å². The Morgan fingerprint density at radius 3 is 2.40 bits per heavy atom. The third-order valence-electron chi connectivity index (χ3n) is 1.51. The van der Waals surface area contributed by atoms with Crippen molar-refractivity contribution in [2.24, 2.45) is 5.92 Å². The maximum Gasteiger partial charge on any atom is 0.0159 e. The Morgan fingerprint density at radius 1 is 1.60 bits per heavy atom. The second-order valence-corrected chi connectivity index (χ2v) is 4.32. The SMILES string of the molecule is CCSC(C)C(C)C(=O)[S-]. The largest absolute Gasteiger partial charge is 0.742 e. The highest BCUT2D eigenvalue weighted by atomic mass is 32.2. The van der Waals surface area contributed by atoms with Crippen LogP contribution in [0.25, 0.3) is 0 Å². The minimum absolute atomic E-state index is 0.0277. The van der Waals surface area contributed by atoms with Gasteiger partial charge in [0.05, 0.1) is 0 Å². The van der Waals surface area contributed by atoms with E-state index in [4.69, 9.17) is 0 Å². The van der Waals surface area contributed by atoms with E-state index in [9.17, 15) is 4.79 Å². The van der Waals surface area contributed by atoms with Gasteiger partial charge >= 0.3 is 0 Å². The molecule has 0 amide bonds. The van der Waals surface area contributed by atoms with Crippen LogP contribution in [0.15, 0.2) is 0 Å². The summed E-state index contributed by atoms with van der Waals surface area (Å²) in [6.45, 7) is 6.02. The first-order valence-corrected chi connectivity index (χ1v) is 4.87. The first kappa shape index (κ1) is 10.2. The van der Waals surface area contributed by atoms with Gasteiger partial charge < -0.3 is 17.4 Å². The number of carbonyl (C=O) groups is 1. The predicted molar refractivity (Wildman–Crippen MR) is 49.1 cm³/mol. The molecule has 0 aromatic heterocycles. The molecule has 1 nitrogen and oxygen atoms in total. The summed E-state index contributed by atoms with van der Waals surface area (Å²) in [5, 5.41) is 0.253. The molecule has 0 bridgehead atoms. The van der Waals surface area contributed by atoms with E-state index in [1.54, 1.807) is 11.8 Å². The van der Waals surface area contributed by atoms with E-state index < -0.39 is 0 Å². The second kappa shape index (κ2) is 4.97. The van der Waals surface area contributed by atoms with Gasteiger partial charge in [-0.15, -0.1) is 0 Å². The van der Waals surface area contributed by atoms with Gasteiger partial charge in [-0.1, -0.05) is 20.8 Å². The smallest absolute Gasteiger partial charge is 0.0159 e. The molecule has 0 N–H and O–H groups in total. The van der Waals surface area contributed by atoms with Crippen LogP contribution < -0.4 is 0 Å². The van der Waals surface area contributed by atoms with Gasteiger partial charge in [0.1, 0.15) is 0 Å².